The summed E-state index contributed by atoms with van der Waals surface area (Å²) in [5.41, 5.74) is 5.33. The standard InChI is InChI=1S/C18H27NO/c1-13-5-6-16(14(2)19-4)17(11-13)15-7-9-18(3,12-20)10-8-15/h5-6,11,15,20H,7-10,12H2,1-4H3. The van der Waals surface area contributed by atoms with Crippen LogP contribution in [0.1, 0.15) is 62.1 Å². The molecule has 0 unspecified atom stereocenters. The van der Waals surface area contributed by atoms with Crippen molar-refractivity contribution in [2.75, 3.05) is 13.7 Å². The van der Waals surface area contributed by atoms with Crippen LogP contribution in [0, 0.1) is 12.3 Å². The van der Waals surface area contributed by atoms with Gasteiger partial charge in [0.2, 0.25) is 0 Å². The van der Waals surface area contributed by atoms with Gasteiger partial charge in [-0.05, 0) is 62.0 Å². The topological polar surface area (TPSA) is 32.6 Å². The monoisotopic (exact) mass is 273 g/mol. The highest BCUT2D eigenvalue weighted by Crippen LogP contribution is 2.43. The molecule has 0 saturated heterocycles. The number of aliphatic hydroxyl groups is 1. The molecule has 2 heteroatoms. The van der Waals surface area contributed by atoms with Gasteiger partial charge >= 0.3 is 0 Å². The van der Waals surface area contributed by atoms with E-state index in [0.717, 1.165) is 18.6 Å². The van der Waals surface area contributed by atoms with Crippen LogP contribution >= 0.6 is 0 Å². The Hall–Kier alpha value is -1.15. The summed E-state index contributed by atoms with van der Waals surface area (Å²) in [6.07, 6.45) is 4.57. The molecule has 0 atom stereocenters. The van der Waals surface area contributed by atoms with Crippen LogP contribution < -0.4 is 0 Å². The molecule has 2 nitrogen and oxygen atoms in total. The first kappa shape index (κ1) is 15.2. The molecule has 1 aliphatic carbocycles. The summed E-state index contributed by atoms with van der Waals surface area (Å²) in [4.78, 5) is 4.37. The largest absolute Gasteiger partial charge is 0.396 e. The van der Waals surface area contributed by atoms with Gasteiger partial charge in [0.05, 0.1) is 0 Å². The molecule has 0 aromatic heterocycles. The van der Waals surface area contributed by atoms with Crippen molar-refractivity contribution < 1.29 is 5.11 Å². The molecule has 110 valence electrons. The van der Waals surface area contributed by atoms with Gasteiger partial charge in [-0.25, -0.2) is 0 Å². The van der Waals surface area contributed by atoms with Gasteiger partial charge in [0.1, 0.15) is 0 Å². The van der Waals surface area contributed by atoms with Crippen molar-refractivity contribution in [2.45, 2.75) is 52.4 Å². The van der Waals surface area contributed by atoms with E-state index < -0.39 is 0 Å². The fraction of sp³-hybridized carbons (Fsp3) is 0.611. The highest BCUT2D eigenvalue weighted by atomic mass is 16.3. The van der Waals surface area contributed by atoms with Gasteiger partial charge in [0.15, 0.2) is 0 Å². The first-order valence-corrected chi connectivity index (χ1v) is 7.64. The normalized spacial score (nSPS) is 27.6. The van der Waals surface area contributed by atoms with Crippen molar-refractivity contribution in [3.05, 3.63) is 34.9 Å². The van der Waals surface area contributed by atoms with Crippen LogP contribution in [0.3, 0.4) is 0 Å². The van der Waals surface area contributed by atoms with Gasteiger partial charge in [-0.1, -0.05) is 30.7 Å². The molecule has 0 amide bonds. The van der Waals surface area contributed by atoms with E-state index in [1.165, 1.54) is 29.5 Å². The number of aliphatic hydroxyl groups excluding tert-OH is 1. The van der Waals surface area contributed by atoms with Crippen LogP contribution in [0.2, 0.25) is 0 Å². The molecular formula is C18H27NO. The molecule has 1 aromatic rings. The summed E-state index contributed by atoms with van der Waals surface area (Å²) in [5.74, 6) is 0.612. The van der Waals surface area contributed by atoms with Crippen LogP contribution in [-0.2, 0) is 0 Å². The van der Waals surface area contributed by atoms with Crippen molar-refractivity contribution in [1.29, 1.82) is 0 Å². The van der Waals surface area contributed by atoms with Gasteiger partial charge in [-0.3, -0.25) is 4.99 Å². The van der Waals surface area contributed by atoms with Gasteiger partial charge in [0.25, 0.3) is 0 Å². The minimum Gasteiger partial charge on any atom is -0.396 e. The summed E-state index contributed by atoms with van der Waals surface area (Å²) < 4.78 is 0. The van der Waals surface area contributed by atoms with Crippen molar-refractivity contribution >= 4 is 5.71 Å². The molecule has 1 fully saturated rings. The molecule has 0 heterocycles. The fourth-order valence-electron chi connectivity index (χ4n) is 3.25. The van der Waals surface area contributed by atoms with E-state index in [-0.39, 0.29) is 5.41 Å². The molecule has 20 heavy (non-hydrogen) atoms. The maximum Gasteiger partial charge on any atom is 0.0484 e. The highest BCUT2D eigenvalue weighted by molar-refractivity contribution is 6.00. The van der Waals surface area contributed by atoms with E-state index in [9.17, 15) is 5.11 Å². The first-order valence-electron chi connectivity index (χ1n) is 7.64. The molecule has 2 rings (SSSR count). The lowest BCUT2D eigenvalue weighted by atomic mass is 9.69. The average Bonchev–Trinajstić information content (AvgIpc) is 2.47. The van der Waals surface area contributed by atoms with Gasteiger partial charge in [-0.2, -0.15) is 0 Å². The van der Waals surface area contributed by atoms with Crippen LogP contribution in [0.4, 0.5) is 0 Å². The number of benzene rings is 1. The Morgan fingerprint density at radius 2 is 2.00 bits per heavy atom. The van der Waals surface area contributed by atoms with Crippen molar-refractivity contribution in [2.24, 2.45) is 10.4 Å². The lowest BCUT2D eigenvalue weighted by Gasteiger charge is -2.36. The third-order valence-electron chi connectivity index (χ3n) is 4.95. The molecule has 1 aliphatic rings. The predicted octanol–water partition coefficient (Wildman–Crippen LogP) is 4.09. The molecule has 1 aromatic carbocycles. The SMILES string of the molecule is CN=C(C)c1ccc(C)cc1C1CCC(C)(CO)CC1. The minimum atomic E-state index is 0.133. The Bertz CT molecular complexity index is 496. The second kappa shape index (κ2) is 6.09. The summed E-state index contributed by atoms with van der Waals surface area (Å²) >= 11 is 0. The Kier molecular flexibility index (Phi) is 4.64. The smallest absolute Gasteiger partial charge is 0.0484 e. The second-order valence-electron chi connectivity index (χ2n) is 6.64. The molecule has 1 N–H and O–H groups in total. The lowest BCUT2D eigenvalue weighted by Crippen LogP contribution is -2.27. The van der Waals surface area contributed by atoms with Crippen LogP contribution in [0.25, 0.3) is 0 Å². The van der Waals surface area contributed by atoms with Crippen molar-refractivity contribution in [3.8, 4) is 0 Å². The number of hydrogen-bond acceptors (Lipinski definition) is 2. The first-order chi connectivity index (χ1) is 9.49. The maximum absolute atomic E-state index is 9.51. The Labute approximate surface area is 122 Å². The summed E-state index contributed by atoms with van der Waals surface area (Å²) in [7, 11) is 1.86. The van der Waals surface area contributed by atoms with Crippen LogP contribution in [0.15, 0.2) is 23.2 Å². The Balaban J connectivity index is 2.27. The third-order valence-corrected chi connectivity index (χ3v) is 4.95. The lowest BCUT2D eigenvalue weighted by molar-refractivity contribution is 0.0934. The van der Waals surface area contributed by atoms with E-state index in [1.807, 2.05) is 7.05 Å². The van der Waals surface area contributed by atoms with Crippen LogP contribution in [0.5, 0.6) is 0 Å². The van der Waals surface area contributed by atoms with E-state index in [2.05, 4.69) is 44.0 Å². The van der Waals surface area contributed by atoms with Crippen molar-refractivity contribution in [3.63, 3.8) is 0 Å². The quantitative estimate of drug-likeness (QED) is 0.827. The van der Waals surface area contributed by atoms with E-state index >= 15 is 0 Å². The fourth-order valence-corrected chi connectivity index (χ4v) is 3.25. The third kappa shape index (κ3) is 3.12. The second-order valence-corrected chi connectivity index (χ2v) is 6.64. The van der Waals surface area contributed by atoms with E-state index in [4.69, 9.17) is 0 Å². The molecular weight excluding hydrogens is 246 g/mol. The minimum absolute atomic E-state index is 0.133. The zero-order valence-electron chi connectivity index (χ0n) is 13.2. The number of hydrogen-bond donors (Lipinski definition) is 1. The van der Waals surface area contributed by atoms with Crippen LogP contribution in [-0.4, -0.2) is 24.5 Å². The van der Waals surface area contributed by atoms with Gasteiger partial charge in [0, 0.05) is 19.4 Å². The van der Waals surface area contributed by atoms with Crippen molar-refractivity contribution in [1.82, 2.24) is 0 Å². The van der Waals surface area contributed by atoms with Gasteiger partial charge < -0.3 is 5.11 Å². The number of aryl methyl sites for hydroxylation is 1. The molecule has 0 radical (unpaired) electrons. The molecule has 0 bridgehead atoms. The zero-order chi connectivity index (χ0) is 14.8. The highest BCUT2D eigenvalue weighted by Gasteiger charge is 2.31. The van der Waals surface area contributed by atoms with E-state index in [0.29, 0.717) is 12.5 Å². The zero-order valence-corrected chi connectivity index (χ0v) is 13.2. The maximum atomic E-state index is 9.51. The number of aliphatic imine (C=N–C) groups is 1. The molecule has 1 saturated carbocycles. The summed E-state index contributed by atoms with van der Waals surface area (Å²) in [6, 6.07) is 6.72. The average molecular weight is 273 g/mol. The molecule has 0 aliphatic heterocycles. The number of nitrogens with zero attached hydrogens (tertiary/aromatic N) is 1. The van der Waals surface area contributed by atoms with Gasteiger partial charge in [-0.15, -0.1) is 0 Å². The summed E-state index contributed by atoms with van der Waals surface area (Å²) in [5, 5.41) is 9.51. The molecule has 0 spiro atoms. The summed E-state index contributed by atoms with van der Waals surface area (Å²) in [6.45, 7) is 6.77. The predicted molar refractivity (Wildman–Crippen MR) is 85.7 cm³/mol. The Morgan fingerprint density at radius 1 is 1.35 bits per heavy atom. The van der Waals surface area contributed by atoms with E-state index in [1.54, 1.807) is 0 Å². The Morgan fingerprint density at radius 3 is 2.55 bits per heavy atom. The number of rotatable bonds is 3.